The number of nitrogens with one attached hydrogen (secondary N) is 1. The Labute approximate surface area is 173 Å². The van der Waals surface area contributed by atoms with E-state index in [1.807, 2.05) is 20.9 Å². The van der Waals surface area contributed by atoms with E-state index in [0.717, 1.165) is 17.0 Å². The van der Waals surface area contributed by atoms with Gasteiger partial charge in [0, 0.05) is 29.6 Å². The predicted octanol–water partition coefficient (Wildman–Crippen LogP) is 4.50. The van der Waals surface area contributed by atoms with E-state index in [1.54, 1.807) is 42.1 Å². The van der Waals surface area contributed by atoms with Gasteiger partial charge in [0.1, 0.15) is 11.5 Å². The van der Waals surface area contributed by atoms with Gasteiger partial charge in [0.05, 0.1) is 19.2 Å². The number of alkyl halides is 2. The molecule has 3 aromatic rings. The van der Waals surface area contributed by atoms with Gasteiger partial charge in [-0.25, -0.2) is 0 Å². The zero-order valence-electron chi connectivity index (χ0n) is 17.2. The molecule has 0 fully saturated rings. The number of carbonyl (C=O) groups is 1. The van der Waals surface area contributed by atoms with Crippen LogP contribution < -0.4 is 14.8 Å². The van der Waals surface area contributed by atoms with Crippen molar-refractivity contribution in [2.24, 2.45) is 7.05 Å². The van der Waals surface area contributed by atoms with Gasteiger partial charge in [-0.05, 0) is 49.7 Å². The van der Waals surface area contributed by atoms with Crippen LogP contribution in [0.3, 0.4) is 0 Å². The fourth-order valence-electron chi connectivity index (χ4n) is 3.24. The van der Waals surface area contributed by atoms with E-state index in [4.69, 9.17) is 4.74 Å². The highest BCUT2D eigenvalue weighted by molar-refractivity contribution is 5.93. The van der Waals surface area contributed by atoms with Crippen LogP contribution in [0.1, 0.15) is 17.0 Å². The Morgan fingerprint density at radius 3 is 2.43 bits per heavy atom. The van der Waals surface area contributed by atoms with Gasteiger partial charge in [-0.3, -0.25) is 9.48 Å². The van der Waals surface area contributed by atoms with Crippen LogP contribution in [0.5, 0.6) is 11.5 Å². The van der Waals surface area contributed by atoms with Gasteiger partial charge >= 0.3 is 6.61 Å². The number of methoxy groups -OCH3 is 1. The minimum absolute atomic E-state index is 0.0205. The zero-order valence-corrected chi connectivity index (χ0v) is 17.2. The fraction of sp³-hybridized carbons (Fsp3) is 0.273. The van der Waals surface area contributed by atoms with E-state index in [-0.39, 0.29) is 18.1 Å². The van der Waals surface area contributed by atoms with Gasteiger partial charge in [0.25, 0.3) is 0 Å². The molecule has 8 heteroatoms. The Hall–Kier alpha value is -3.42. The molecule has 0 saturated carbocycles. The van der Waals surface area contributed by atoms with Crippen molar-refractivity contribution < 1.29 is 23.0 Å². The SMILES string of the molecule is COc1ccc(-c2cc(NC(=O)Cc3c(C)nn(C)c3C)ccc2OC(F)F)cc1. The van der Waals surface area contributed by atoms with Crippen LogP contribution in [0.25, 0.3) is 11.1 Å². The lowest BCUT2D eigenvalue weighted by Crippen LogP contribution is -2.15. The highest BCUT2D eigenvalue weighted by Crippen LogP contribution is 2.34. The summed E-state index contributed by atoms with van der Waals surface area (Å²) in [6, 6.07) is 11.5. The highest BCUT2D eigenvalue weighted by atomic mass is 19.3. The Morgan fingerprint density at radius 2 is 1.87 bits per heavy atom. The Balaban J connectivity index is 1.87. The number of aromatic nitrogens is 2. The lowest BCUT2D eigenvalue weighted by molar-refractivity contribution is -0.115. The number of aryl methyl sites for hydroxylation is 2. The molecule has 0 unspecified atom stereocenters. The van der Waals surface area contributed by atoms with Crippen molar-refractivity contribution in [1.82, 2.24) is 9.78 Å². The number of halogens is 2. The predicted molar refractivity (Wildman–Crippen MR) is 110 cm³/mol. The van der Waals surface area contributed by atoms with Crippen LogP contribution in [-0.4, -0.2) is 29.4 Å². The Bertz CT molecular complexity index is 1050. The summed E-state index contributed by atoms with van der Waals surface area (Å²) < 4.78 is 37.2. The van der Waals surface area contributed by atoms with E-state index in [9.17, 15) is 13.6 Å². The summed E-state index contributed by atoms with van der Waals surface area (Å²) in [5.74, 6) is 0.436. The molecule has 158 valence electrons. The summed E-state index contributed by atoms with van der Waals surface area (Å²) in [5.41, 5.74) is 4.15. The molecule has 0 aliphatic rings. The van der Waals surface area contributed by atoms with E-state index in [2.05, 4.69) is 15.2 Å². The quantitative estimate of drug-likeness (QED) is 0.617. The number of rotatable bonds is 7. The van der Waals surface area contributed by atoms with Crippen molar-refractivity contribution in [1.29, 1.82) is 0 Å². The average Bonchev–Trinajstić information content (AvgIpc) is 2.95. The molecule has 0 atom stereocenters. The van der Waals surface area contributed by atoms with Crippen molar-refractivity contribution in [2.45, 2.75) is 26.9 Å². The number of anilines is 1. The third kappa shape index (κ3) is 4.76. The summed E-state index contributed by atoms with van der Waals surface area (Å²) >= 11 is 0. The number of benzene rings is 2. The standard InChI is InChI=1S/C22H23F2N3O3/c1-13-18(14(2)27(3)26-13)12-21(28)25-16-7-10-20(30-22(23)24)19(11-16)15-5-8-17(29-4)9-6-15/h5-11,22H,12H2,1-4H3,(H,25,28). The molecule has 2 aromatic carbocycles. The number of hydrogen-bond acceptors (Lipinski definition) is 4. The van der Waals surface area contributed by atoms with E-state index in [0.29, 0.717) is 22.6 Å². The maximum Gasteiger partial charge on any atom is 0.387 e. The second-order valence-corrected chi connectivity index (χ2v) is 6.82. The van der Waals surface area contributed by atoms with Gasteiger partial charge in [-0.15, -0.1) is 0 Å². The molecule has 0 spiro atoms. The lowest BCUT2D eigenvalue weighted by atomic mass is 10.0. The molecule has 0 bridgehead atoms. The third-order valence-corrected chi connectivity index (χ3v) is 4.88. The number of hydrogen-bond donors (Lipinski definition) is 1. The van der Waals surface area contributed by atoms with Gasteiger partial charge in [-0.1, -0.05) is 12.1 Å². The third-order valence-electron chi connectivity index (χ3n) is 4.88. The monoisotopic (exact) mass is 415 g/mol. The van der Waals surface area contributed by atoms with Gasteiger partial charge < -0.3 is 14.8 Å². The Kier molecular flexibility index (Phi) is 6.34. The molecule has 0 radical (unpaired) electrons. The molecule has 1 amide bonds. The molecule has 3 rings (SSSR count). The van der Waals surface area contributed by atoms with Crippen LogP contribution in [0.4, 0.5) is 14.5 Å². The molecule has 1 N–H and O–H groups in total. The zero-order chi connectivity index (χ0) is 21.8. The minimum atomic E-state index is -2.96. The highest BCUT2D eigenvalue weighted by Gasteiger charge is 2.16. The van der Waals surface area contributed by atoms with Crippen molar-refractivity contribution in [2.75, 3.05) is 12.4 Å². The number of amides is 1. The van der Waals surface area contributed by atoms with Crippen LogP contribution in [-0.2, 0) is 18.3 Å². The topological polar surface area (TPSA) is 65.4 Å². The molecule has 1 heterocycles. The second-order valence-electron chi connectivity index (χ2n) is 6.82. The molecule has 0 aliphatic carbocycles. The van der Waals surface area contributed by atoms with E-state index in [1.165, 1.54) is 12.1 Å². The molecule has 1 aromatic heterocycles. The maximum absolute atomic E-state index is 12.8. The van der Waals surface area contributed by atoms with Crippen LogP contribution in [0.2, 0.25) is 0 Å². The summed E-state index contributed by atoms with van der Waals surface area (Å²) in [4.78, 5) is 12.6. The van der Waals surface area contributed by atoms with E-state index < -0.39 is 6.61 Å². The first-order valence-corrected chi connectivity index (χ1v) is 9.30. The molecular weight excluding hydrogens is 392 g/mol. The van der Waals surface area contributed by atoms with Crippen molar-refractivity contribution in [3.8, 4) is 22.6 Å². The van der Waals surface area contributed by atoms with Crippen molar-refractivity contribution in [3.05, 3.63) is 59.4 Å². The van der Waals surface area contributed by atoms with E-state index >= 15 is 0 Å². The summed E-state index contributed by atoms with van der Waals surface area (Å²) in [5, 5.41) is 7.14. The smallest absolute Gasteiger partial charge is 0.387 e. The first-order valence-electron chi connectivity index (χ1n) is 9.30. The molecule has 6 nitrogen and oxygen atoms in total. The van der Waals surface area contributed by atoms with Gasteiger partial charge in [0.15, 0.2) is 0 Å². The Morgan fingerprint density at radius 1 is 1.17 bits per heavy atom. The number of carbonyl (C=O) groups excluding carboxylic acids is 1. The van der Waals surface area contributed by atoms with Crippen LogP contribution in [0, 0.1) is 13.8 Å². The fourth-order valence-corrected chi connectivity index (χ4v) is 3.24. The maximum atomic E-state index is 12.8. The first kappa shape index (κ1) is 21.3. The average molecular weight is 415 g/mol. The lowest BCUT2D eigenvalue weighted by Gasteiger charge is -2.14. The summed E-state index contributed by atoms with van der Waals surface area (Å²) in [6.07, 6.45) is 0.165. The molecule has 30 heavy (non-hydrogen) atoms. The summed E-state index contributed by atoms with van der Waals surface area (Å²) in [7, 11) is 3.37. The summed E-state index contributed by atoms with van der Waals surface area (Å²) in [6.45, 7) is 0.799. The number of nitrogens with zero attached hydrogens (tertiary/aromatic N) is 2. The minimum Gasteiger partial charge on any atom is -0.497 e. The largest absolute Gasteiger partial charge is 0.497 e. The number of ether oxygens (including phenoxy) is 2. The molecular formula is C22H23F2N3O3. The van der Waals surface area contributed by atoms with Crippen LogP contribution >= 0.6 is 0 Å². The van der Waals surface area contributed by atoms with Crippen molar-refractivity contribution >= 4 is 11.6 Å². The normalized spacial score (nSPS) is 10.9. The first-order chi connectivity index (χ1) is 14.3. The van der Waals surface area contributed by atoms with Gasteiger partial charge in [-0.2, -0.15) is 13.9 Å². The van der Waals surface area contributed by atoms with Crippen LogP contribution in [0.15, 0.2) is 42.5 Å². The molecule has 0 saturated heterocycles. The second kappa shape index (κ2) is 8.94. The van der Waals surface area contributed by atoms with Crippen molar-refractivity contribution in [3.63, 3.8) is 0 Å². The molecule has 0 aliphatic heterocycles. The van der Waals surface area contributed by atoms with Gasteiger partial charge in [0.2, 0.25) is 5.91 Å².